The second-order valence-electron chi connectivity index (χ2n) is 22.9. The molecule has 0 bridgehead atoms. The first-order valence-corrected chi connectivity index (χ1v) is 24.8. The number of hydrogen-bond acceptors (Lipinski definition) is 2. The second kappa shape index (κ2) is 15.6. The van der Waals surface area contributed by atoms with Gasteiger partial charge in [-0.1, -0.05) is 176 Å². The Bertz CT molecular complexity index is 3260. The number of benzene rings is 8. The zero-order valence-corrected chi connectivity index (χ0v) is 41.4. The van der Waals surface area contributed by atoms with Crippen molar-refractivity contribution in [2.45, 2.75) is 117 Å². The first kappa shape index (κ1) is 43.3. The van der Waals surface area contributed by atoms with E-state index in [0.717, 1.165) is 13.0 Å². The Morgan fingerprint density at radius 1 is 0.433 bits per heavy atom. The largest absolute Gasteiger partial charge is 0.355 e. The molecule has 334 valence electrons. The summed E-state index contributed by atoms with van der Waals surface area (Å²) in [6.07, 6.45) is 4.74. The van der Waals surface area contributed by atoms with Gasteiger partial charge in [0.2, 0.25) is 0 Å². The first-order chi connectivity index (χ1) is 32.0. The Kier molecular flexibility index (Phi) is 10.1. The molecule has 3 aliphatic rings. The zero-order valence-electron chi connectivity index (χ0n) is 41.4. The minimum Gasteiger partial charge on any atom is -0.355 e. The van der Waals surface area contributed by atoms with Crippen molar-refractivity contribution in [3.63, 3.8) is 0 Å². The van der Waals surface area contributed by atoms with Crippen molar-refractivity contribution >= 4 is 57.4 Å². The third-order valence-electron chi connectivity index (χ3n) is 16.4. The molecule has 2 aliphatic carbocycles. The van der Waals surface area contributed by atoms with Crippen molar-refractivity contribution in [2.24, 2.45) is 0 Å². The molecule has 0 amide bonds. The maximum absolute atomic E-state index is 4.14. The lowest BCUT2D eigenvalue weighted by Gasteiger charge is -2.44. The fraction of sp³-hybridized carbons (Fsp3) is 0.281. The number of nitrogens with one attached hydrogen (secondary N) is 1. The summed E-state index contributed by atoms with van der Waals surface area (Å²) in [5.74, 6) is 0. The highest BCUT2D eigenvalue weighted by Crippen LogP contribution is 2.52. The predicted octanol–water partition coefficient (Wildman–Crippen LogP) is 16.1. The summed E-state index contributed by atoms with van der Waals surface area (Å²) in [6, 6.07) is 57.8. The molecule has 0 radical (unpaired) electrons. The molecule has 0 fully saturated rings. The van der Waals surface area contributed by atoms with Gasteiger partial charge in [0.15, 0.2) is 7.28 Å². The average Bonchev–Trinajstić information content (AvgIpc) is 3.32. The highest BCUT2D eigenvalue weighted by atomic mass is 15.2. The van der Waals surface area contributed by atoms with E-state index in [-0.39, 0.29) is 21.7 Å². The quantitative estimate of drug-likeness (QED) is 0.168. The minimum atomic E-state index is 0.0629. The highest BCUT2D eigenvalue weighted by molar-refractivity contribution is 6.73. The smallest absolute Gasteiger partial charge is 0.198 e. The number of aryl methyl sites for hydroxylation is 2. The van der Waals surface area contributed by atoms with Gasteiger partial charge in [0.1, 0.15) is 0 Å². The molecule has 0 unspecified atom stereocenters. The van der Waals surface area contributed by atoms with E-state index in [2.05, 4.69) is 231 Å². The topological polar surface area (TPSA) is 15.3 Å². The fourth-order valence-corrected chi connectivity index (χ4v) is 12.0. The first-order valence-electron chi connectivity index (χ1n) is 24.8. The molecule has 8 aromatic carbocycles. The standard InChI is InChI=1S/C64H65BN2/c1-40-33-49-51(63(7,8)31-29-61(49,3)4)38-55(40)66-54-28-26-44(42-19-13-11-14-20-42)35-48(54)59-47-24-18-17-23-46(47)37-58-60(59)65-53-27-25-45(43-21-15-12-16-22-43)36-57(53)67(58)56-39-52-50(34-41(56)2)62(5,6)30-32-64(52,9)10/h11-28,33-39,65-66H,29-32H2,1-10H3. The summed E-state index contributed by atoms with van der Waals surface area (Å²) in [5.41, 5.74) is 25.2. The summed E-state index contributed by atoms with van der Waals surface area (Å²) in [6.45, 7) is 24.2. The van der Waals surface area contributed by atoms with Crippen molar-refractivity contribution in [3.05, 3.63) is 185 Å². The van der Waals surface area contributed by atoms with Crippen LogP contribution in [0, 0.1) is 13.8 Å². The lowest BCUT2D eigenvalue weighted by Crippen LogP contribution is -2.41. The van der Waals surface area contributed by atoms with Gasteiger partial charge < -0.3 is 10.2 Å². The van der Waals surface area contributed by atoms with Crippen molar-refractivity contribution in [1.82, 2.24) is 0 Å². The van der Waals surface area contributed by atoms with E-state index < -0.39 is 0 Å². The van der Waals surface area contributed by atoms with Crippen LogP contribution in [-0.2, 0) is 21.7 Å². The van der Waals surface area contributed by atoms with Gasteiger partial charge in [-0.3, -0.25) is 0 Å². The van der Waals surface area contributed by atoms with Crippen molar-refractivity contribution in [1.29, 1.82) is 0 Å². The summed E-state index contributed by atoms with van der Waals surface area (Å²) >= 11 is 0. The molecule has 0 saturated heterocycles. The normalized spacial score (nSPS) is 17.1. The Balaban J connectivity index is 1.19. The van der Waals surface area contributed by atoms with Gasteiger partial charge in [-0.15, -0.1) is 0 Å². The molecule has 0 spiro atoms. The molecule has 0 saturated carbocycles. The number of nitrogens with zero attached hydrogens (tertiary/aromatic N) is 1. The molecule has 67 heavy (non-hydrogen) atoms. The van der Waals surface area contributed by atoms with E-state index in [1.807, 2.05) is 0 Å². The van der Waals surface area contributed by atoms with Crippen LogP contribution in [0.4, 0.5) is 28.4 Å². The predicted molar refractivity (Wildman–Crippen MR) is 291 cm³/mol. The van der Waals surface area contributed by atoms with Crippen LogP contribution in [0.2, 0.25) is 0 Å². The Hall–Kier alpha value is -6.32. The number of rotatable bonds is 6. The summed E-state index contributed by atoms with van der Waals surface area (Å²) in [5, 5.41) is 6.65. The minimum absolute atomic E-state index is 0.0629. The van der Waals surface area contributed by atoms with Gasteiger partial charge in [0.25, 0.3) is 0 Å². The molecule has 1 heterocycles. The van der Waals surface area contributed by atoms with Gasteiger partial charge in [-0.25, -0.2) is 0 Å². The van der Waals surface area contributed by atoms with E-state index in [4.69, 9.17) is 0 Å². The average molecular weight is 873 g/mol. The van der Waals surface area contributed by atoms with Crippen molar-refractivity contribution in [3.8, 4) is 33.4 Å². The van der Waals surface area contributed by atoms with Crippen molar-refractivity contribution < 1.29 is 0 Å². The second-order valence-corrected chi connectivity index (χ2v) is 22.9. The monoisotopic (exact) mass is 873 g/mol. The third-order valence-corrected chi connectivity index (χ3v) is 16.4. The zero-order chi connectivity index (χ0) is 46.6. The van der Waals surface area contributed by atoms with Gasteiger partial charge in [-0.2, -0.15) is 0 Å². The Morgan fingerprint density at radius 2 is 0.955 bits per heavy atom. The third kappa shape index (κ3) is 7.32. The molecular weight excluding hydrogens is 808 g/mol. The number of hydrogen-bond donors (Lipinski definition) is 1. The Labute approximate surface area is 400 Å². The molecule has 2 nitrogen and oxygen atoms in total. The van der Waals surface area contributed by atoms with Gasteiger partial charge in [0, 0.05) is 34.0 Å². The maximum atomic E-state index is 4.14. The van der Waals surface area contributed by atoms with Crippen LogP contribution in [-0.4, -0.2) is 7.28 Å². The molecule has 1 aliphatic heterocycles. The van der Waals surface area contributed by atoms with E-state index >= 15 is 0 Å². The lowest BCUT2D eigenvalue weighted by molar-refractivity contribution is 0.332. The molecule has 11 rings (SSSR count). The fourth-order valence-electron chi connectivity index (χ4n) is 12.0. The van der Waals surface area contributed by atoms with Crippen LogP contribution in [0.25, 0.3) is 44.2 Å². The molecule has 0 atom stereocenters. The highest BCUT2D eigenvalue weighted by Gasteiger charge is 2.40. The summed E-state index contributed by atoms with van der Waals surface area (Å²) in [4.78, 5) is 2.65. The lowest BCUT2D eigenvalue weighted by atomic mass is 9.57. The van der Waals surface area contributed by atoms with E-state index in [1.165, 1.54) is 137 Å². The maximum Gasteiger partial charge on any atom is 0.198 e. The van der Waals surface area contributed by atoms with Crippen LogP contribution < -0.4 is 21.1 Å². The van der Waals surface area contributed by atoms with Crippen LogP contribution in [0.15, 0.2) is 152 Å². The van der Waals surface area contributed by atoms with Crippen LogP contribution in [0.5, 0.6) is 0 Å². The van der Waals surface area contributed by atoms with Gasteiger partial charge in [0.05, 0.1) is 0 Å². The molecular formula is C64H65BN2. The molecule has 0 aromatic heterocycles. The van der Waals surface area contributed by atoms with Crippen LogP contribution >= 0.6 is 0 Å². The van der Waals surface area contributed by atoms with E-state index in [9.17, 15) is 0 Å². The Morgan fingerprint density at radius 3 is 1.58 bits per heavy atom. The van der Waals surface area contributed by atoms with Crippen LogP contribution in [0.1, 0.15) is 114 Å². The number of fused-ring (bicyclic) bond motifs is 5. The number of anilines is 5. The molecule has 8 aromatic rings. The van der Waals surface area contributed by atoms with E-state index in [0.29, 0.717) is 0 Å². The van der Waals surface area contributed by atoms with Crippen molar-refractivity contribution in [2.75, 3.05) is 10.2 Å². The SMILES string of the molecule is Cc1cc2c(cc1Nc1ccc(-c3ccccc3)cc1-c1c3c(cc4ccccc14)N(c1cc4c(cc1C)C(C)(C)CCC4(C)C)c1cc(-c4ccccc4)ccc1B3)C(C)(C)CCC2(C)C. The van der Waals surface area contributed by atoms with Gasteiger partial charge in [-0.05, 0) is 175 Å². The summed E-state index contributed by atoms with van der Waals surface area (Å²) < 4.78 is 0. The molecule has 3 heteroatoms. The van der Waals surface area contributed by atoms with E-state index in [1.54, 1.807) is 0 Å². The van der Waals surface area contributed by atoms with Gasteiger partial charge >= 0.3 is 0 Å². The van der Waals surface area contributed by atoms with Crippen LogP contribution in [0.3, 0.4) is 0 Å². The summed E-state index contributed by atoms with van der Waals surface area (Å²) in [7, 11) is 0.815. The molecule has 1 N–H and O–H groups in total.